The molecule has 3 rings (SSSR count). The van der Waals surface area contributed by atoms with Gasteiger partial charge in [0.2, 0.25) is 0 Å². The molecule has 0 bridgehead atoms. The lowest BCUT2D eigenvalue weighted by atomic mass is 10.1. The highest BCUT2D eigenvalue weighted by Gasteiger charge is 2.04. The van der Waals surface area contributed by atoms with Crippen molar-refractivity contribution in [1.29, 1.82) is 0 Å². The van der Waals surface area contributed by atoms with Crippen LogP contribution in [0.5, 0.6) is 0 Å². The summed E-state index contributed by atoms with van der Waals surface area (Å²) >= 11 is 6.01. The fourth-order valence-electron chi connectivity index (χ4n) is 2.12. The maximum Gasteiger partial charge on any atom is 0.0633 e. The highest BCUT2D eigenvalue weighted by Crippen LogP contribution is 2.30. The summed E-state index contributed by atoms with van der Waals surface area (Å²) in [7, 11) is 0. The van der Waals surface area contributed by atoms with Crippen molar-refractivity contribution >= 4 is 39.4 Å². The second-order valence-electron chi connectivity index (χ2n) is 4.38. The Hall–Kier alpha value is -2.19. The Morgan fingerprint density at radius 3 is 2.53 bits per heavy atom. The molecule has 0 aromatic heterocycles. The van der Waals surface area contributed by atoms with Crippen molar-refractivity contribution in [1.82, 2.24) is 0 Å². The number of hydrogen-bond acceptors (Lipinski definition) is 2. The molecule has 3 heteroatoms. The molecular formula is C16H13ClN2. The molecule has 0 fully saturated rings. The number of nitrogens with one attached hydrogen (secondary N) is 1. The van der Waals surface area contributed by atoms with Crippen molar-refractivity contribution in [3.8, 4) is 0 Å². The van der Waals surface area contributed by atoms with Crippen LogP contribution < -0.4 is 11.1 Å². The molecule has 0 radical (unpaired) electrons. The van der Waals surface area contributed by atoms with Gasteiger partial charge >= 0.3 is 0 Å². The molecule has 0 unspecified atom stereocenters. The Kier molecular flexibility index (Phi) is 3.02. The minimum Gasteiger partial charge on any atom is -0.397 e. The number of nitrogens with two attached hydrogens (primary N) is 1. The molecule has 3 aromatic carbocycles. The molecule has 0 saturated carbocycles. The van der Waals surface area contributed by atoms with Crippen LogP contribution in [0.25, 0.3) is 10.8 Å². The topological polar surface area (TPSA) is 38.0 Å². The SMILES string of the molecule is Nc1ccc(Cl)cc1Nc1cccc2ccccc12. The lowest BCUT2D eigenvalue weighted by Gasteiger charge is -2.12. The first-order valence-electron chi connectivity index (χ1n) is 6.04. The van der Waals surface area contributed by atoms with Gasteiger partial charge in [0.1, 0.15) is 0 Å². The predicted molar refractivity (Wildman–Crippen MR) is 83.1 cm³/mol. The van der Waals surface area contributed by atoms with Gasteiger partial charge in [0, 0.05) is 16.1 Å². The van der Waals surface area contributed by atoms with Crippen LogP contribution in [-0.2, 0) is 0 Å². The zero-order chi connectivity index (χ0) is 13.2. The molecule has 19 heavy (non-hydrogen) atoms. The quantitative estimate of drug-likeness (QED) is 0.654. The lowest BCUT2D eigenvalue weighted by Crippen LogP contribution is -1.96. The van der Waals surface area contributed by atoms with Gasteiger partial charge in [-0.25, -0.2) is 0 Å². The first kappa shape index (κ1) is 11.9. The van der Waals surface area contributed by atoms with E-state index in [0.29, 0.717) is 10.7 Å². The molecule has 2 nitrogen and oxygen atoms in total. The van der Waals surface area contributed by atoms with Gasteiger partial charge in [0.15, 0.2) is 0 Å². The summed E-state index contributed by atoms with van der Waals surface area (Å²) in [6.07, 6.45) is 0. The monoisotopic (exact) mass is 268 g/mol. The minimum atomic E-state index is 0.664. The van der Waals surface area contributed by atoms with Crippen molar-refractivity contribution < 1.29 is 0 Å². The maximum absolute atomic E-state index is 6.01. The fourth-order valence-corrected chi connectivity index (χ4v) is 2.29. The first-order valence-corrected chi connectivity index (χ1v) is 6.42. The Bertz CT molecular complexity index is 732. The van der Waals surface area contributed by atoms with Crippen LogP contribution in [-0.4, -0.2) is 0 Å². The van der Waals surface area contributed by atoms with Gasteiger partial charge in [-0.05, 0) is 29.7 Å². The Labute approximate surface area is 116 Å². The molecule has 0 amide bonds. The van der Waals surface area contributed by atoms with Crippen LogP contribution in [0.1, 0.15) is 0 Å². The molecule has 94 valence electrons. The number of nitrogen functional groups attached to an aromatic ring is 1. The minimum absolute atomic E-state index is 0.664. The molecule has 0 spiro atoms. The summed E-state index contributed by atoms with van der Waals surface area (Å²) in [6, 6.07) is 19.8. The first-order chi connectivity index (χ1) is 9.24. The zero-order valence-corrected chi connectivity index (χ0v) is 11.0. The summed E-state index contributed by atoms with van der Waals surface area (Å²) < 4.78 is 0. The molecule has 0 atom stereocenters. The number of benzene rings is 3. The van der Waals surface area contributed by atoms with Gasteiger partial charge in [-0.3, -0.25) is 0 Å². The van der Waals surface area contributed by atoms with E-state index in [9.17, 15) is 0 Å². The van der Waals surface area contributed by atoms with Gasteiger partial charge in [-0.2, -0.15) is 0 Å². The number of halogens is 1. The van der Waals surface area contributed by atoms with Crippen LogP contribution in [0.3, 0.4) is 0 Å². The summed E-state index contributed by atoms with van der Waals surface area (Å²) in [4.78, 5) is 0. The van der Waals surface area contributed by atoms with Crippen LogP contribution in [0.2, 0.25) is 5.02 Å². The zero-order valence-electron chi connectivity index (χ0n) is 10.2. The number of rotatable bonds is 2. The molecular weight excluding hydrogens is 256 g/mol. The third-order valence-electron chi connectivity index (χ3n) is 3.07. The van der Waals surface area contributed by atoms with Gasteiger partial charge in [0.05, 0.1) is 11.4 Å². The van der Waals surface area contributed by atoms with Crippen molar-refractivity contribution in [2.45, 2.75) is 0 Å². The largest absolute Gasteiger partial charge is 0.397 e. The summed E-state index contributed by atoms with van der Waals surface area (Å²) in [5.74, 6) is 0. The summed E-state index contributed by atoms with van der Waals surface area (Å²) in [5.41, 5.74) is 8.48. The van der Waals surface area contributed by atoms with Crippen LogP contribution >= 0.6 is 11.6 Å². The second-order valence-corrected chi connectivity index (χ2v) is 4.82. The fraction of sp³-hybridized carbons (Fsp3) is 0. The lowest BCUT2D eigenvalue weighted by molar-refractivity contribution is 1.57. The number of fused-ring (bicyclic) bond motifs is 1. The maximum atomic E-state index is 6.01. The van der Waals surface area contributed by atoms with E-state index in [4.69, 9.17) is 17.3 Å². The van der Waals surface area contributed by atoms with Gasteiger partial charge in [-0.15, -0.1) is 0 Å². The Balaban J connectivity index is 2.08. The van der Waals surface area contributed by atoms with E-state index >= 15 is 0 Å². The molecule has 3 N–H and O–H groups in total. The number of hydrogen-bond donors (Lipinski definition) is 2. The molecule has 0 aliphatic rings. The van der Waals surface area contributed by atoms with E-state index in [1.54, 1.807) is 12.1 Å². The molecule has 0 heterocycles. The van der Waals surface area contributed by atoms with Crippen molar-refractivity contribution in [2.75, 3.05) is 11.1 Å². The summed E-state index contributed by atoms with van der Waals surface area (Å²) in [5, 5.41) is 6.36. The van der Waals surface area contributed by atoms with Crippen molar-refractivity contribution in [2.24, 2.45) is 0 Å². The van der Waals surface area contributed by atoms with Gasteiger partial charge in [-0.1, -0.05) is 48.0 Å². The average molecular weight is 269 g/mol. The van der Waals surface area contributed by atoms with Crippen LogP contribution in [0, 0.1) is 0 Å². The summed E-state index contributed by atoms with van der Waals surface area (Å²) in [6.45, 7) is 0. The standard InChI is InChI=1S/C16H13ClN2/c17-12-8-9-14(18)16(10-12)19-15-7-3-5-11-4-1-2-6-13(11)15/h1-10,19H,18H2. The third kappa shape index (κ3) is 2.35. The van der Waals surface area contributed by atoms with Crippen LogP contribution in [0.4, 0.5) is 17.1 Å². The van der Waals surface area contributed by atoms with E-state index < -0.39 is 0 Å². The normalized spacial score (nSPS) is 10.6. The van der Waals surface area contributed by atoms with Crippen LogP contribution in [0.15, 0.2) is 60.7 Å². The molecule has 3 aromatic rings. The highest BCUT2D eigenvalue weighted by molar-refractivity contribution is 6.31. The third-order valence-corrected chi connectivity index (χ3v) is 3.31. The molecule has 0 aliphatic carbocycles. The second kappa shape index (κ2) is 4.82. The Morgan fingerprint density at radius 2 is 1.63 bits per heavy atom. The van der Waals surface area contributed by atoms with E-state index in [2.05, 4.69) is 23.5 Å². The van der Waals surface area contributed by atoms with E-state index in [-0.39, 0.29) is 0 Å². The van der Waals surface area contributed by atoms with Gasteiger partial charge in [0.25, 0.3) is 0 Å². The Morgan fingerprint density at radius 1 is 0.842 bits per heavy atom. The van der Waals surface area contributed by atoms with Crippen molar-refractivity contribution in [3.05, 3.63) is 65.7 Å². The highest BCUT2D eigenvalue weighted by atomic mass is 35.5. The average Bonchev–Trinajstić information content (AvgIpc) is 2.43. The van der Waals surface area contributed by atoms with E-state index in [1.165, 1.54) is 5.39 Å². The van der Waals surface area contributed by atoms with E-state index in [0.717, 1.165) is 16.8 Å². The smallest absolute Gasteiger partial charge is 0.0633 e. The molecule has 0 aliphatic heterocycles. The predicted octanol–water partition coefficient (Wildman–Crippen LogP) is 4.82. The van der Waals surface area contributed by atoms with E-state index in [1.807, 2.05) is 30.3 Å². The van der Waals surface area contributed by atoms with Crippen molar-refractivity contribution in [3.63, 3.8) is 0 Å². The number of anilines is 3. The van der Waals surface area contributed by atoms with Gasteiger partial charge < -0.3 is 11.1 Å². The molecule has 0 saturated heterocycles.